The largest absolute Gasteiger partial charge is 0.507 e. The smallest absolute Gasteiger partial charge is 0.339 e. The van der Waals surface area contributed by atoms with Gasteiger partial charge < -0.3 is 9.84 Å². The molecule has 0 aliphatic rings. The second-order valence-electron chi connectivity index (χ2n) is 12.2. The Kier molecular flexibility index (Phi) is 8.13. The summed E-state index contributed by atoms with van der Waals surface area (Å²) in [6.45, 7) is 26.9. The van der Waals surface area contributed by atoms with Crippen molar-refractivity contribution in [2.75, 3.05) is 0 Å². The van der Waals surface area contributed by atoms with E-state index in [4.69, 9.17) is 4.74 Å². The van der Waals surface area contributed by atoms with Crippen LogP contribution in [0.1, 0.15) is 122 Å². The minimum atomic E-state index is -0.422. The van der Waals surface area contributed by atoms with E-state index in [9.17, 15) is 9.90 Å². The van der Waals surface area contributed by atoms with Crippen LogP contribution in [0.4, 0.5) is 0 Å². The summed E-state index contributed by atoms with van der Waals surface area (Å²) < 4.78 is 5.91. The summed E-state index contributed by atoms with van der Waals surface area (Å²) in [4.78, 5) is 12.9. The summed E-state index contributed by atoms with van der Waals surface area (Å²) in [7, 11) is 0. The van der Waals surface area contributed by atoms with Crippen molar-refractivity contribution in [1.82, 2.24) is 0 Å². The number of rotatable bonds is 6. The van der Waals surface area contributed by atoms with Crippen molar-refractivity contribution in [1.29, 1.82) is 0 Å². The van der Waals surface area contributed by atoms with E-state index in [1.54, 1.807) is 0 Å². The zero-order chi connectivity index (χ0) is 26.2. The molecular weight excluding hydrogens is 420 g/mol. The normalized spacial score (nSPS) is 13.3. The average Bonchev–Trinajstić information content (AvgIpc) is 2.71. The van der Waals surface area contributed by atoms with Gasteiger partial charge in [0.2, 0.25) is 0 Å². The molecule has 0 fully saturated rings. The highest BCUT2D eigenvalue weighted by Gasteiger charge is 2.28. The summed E-state index contributed by atoms with van der Waals surface area (Å²) in [5.41, 5.74) is 4.85. The van der Waals surface area contributed by atoms with Gasteiger partial charge >= 0.3 is 5.97 Å². The van der Waals surface area contributed by atoms with Gasteiger partial charge in [-0.1, -0.05) is 107 Å². The average molecular weight is 465 g/mol. The van der Waals surface area contributed by atoms with E-state index >= 15 is 0 Å². The van der Waals surface area contributed by atoms with Crippen LogP contribution in [-0.2, 0) is 10.2 Å². The van der Waals surface area contributed by atoms with Crippen LogP contribution in [-0.4, -0.2) is 11.1 Å². The molecule has 0 amide bonds. The number of aromatic hydroxyl groups is 1. The predicted octanol–water partition coefficient (Wildman–Crippen LogP) is 8.60. The Morgan fingerprint density at radius 2 is 1.38 bits per heavy atom. The van der Waals surface area contributed by atoms with E-state index in [1.165, 1.54) is 5.56 Å². The number of phenols is 1. The van der Waals surface area contributed by atoms with Crippen LogP contribution in [0.2, 0.25) is 0 Å². The first kappa shape index (κ1) is 27.7. The van der Waals surface area contributed by atoms with Crippen molar-refractivity contribution in [3.8, 4) is 11.5 Å². The van der Waals surface area contributed by atoms with Crippen LogP contribution in [0.25, 0.3) is 0 Å². The third-order valence-corrected chi connectivity index (χ3v) is 6.62. The number of carbonyl (C=O) groups excluding carboxylic acids is 1. The topological polar surface area (TPSA) is 46.5 Å². The first-order valence-electron chi connectivity index (χ1n) is 12.4. The Morgan fingerprint density at radius 3 is 1.85 bits per heavy atom. The summed E-state index contributed by atoms with van der Waals surface area (Å²) in [5.74, 6) is 0.871. The van der Waals surface area contributed by atoms with Gasteiger partial charge in [0, 0.05) is 22.6 Å². The minimum Gasteiger partial charge on any atom is -0.507 e. The van der Waals surface area contributed by atoms with Gasteiger partial charge in [0.1, 0.15) is 11.5 Å². The highest BCUT2D eigenvalue weighted by atomic mass is 16.5. The van der Waals surface area contributed by atoms with Crippen LogP contribution in [0.15, 0.2) is 42.5 Å². The fourth-order valence-corrected chi connectivity index (χ4v) is 3.91. The predicted molar refractivity (Wildman–Crippen MR) is 143 cm³/mol. The SMILES string of the molecule is C=C(C(=O)Oc1ccc(C(C)C)cc1C(C)c1cc(C(C)C)cc(C(C)(C)C)c1O)C(C)(C)C. The van der Waals surface area contributed by atoms with E-state index in [-0.39, 0.29) is 16.7 Å². The van der Waals surface area contributed by atoms with Gasteiger partial charge in [-0.2, -0.15) is 0 Å². The van der Waals surface area contributed by atoms with Crippen molar-refractivity contribution in [3.05, 3.63) is 70.3 Å². The molecule has 186 valence electrons. The molecule has 0 aliphatic heterocycles. The van der Waals surface area contributed by atoms with Gasteiger partial charge in [0.05, 0.1) is 0 Å². The van der Waals surface area contributed by atoms with Gasteiger partial charge in [-0.15, -0.1) is 0 Å². The highest BCUT2D eigenvalue weighted by molar-refractivity contribution is 5.91. The molecule has 1 N–H and O–H groups in total. The lowest BCUT2D eigenvalue weighted by Crippen LogP contribution is -2.22. The Bertz CT molecular complexity index is 1060. The maximum atomic E-state index is 12.9. The standard InChI is InChI=1S/C31H44O3/c1-18(2)22-13-14-27(34-29(33)21(6)30(7,8)9)24(15-22)20(5)25-16-23(19(3)4)17-26(28(25)32)31(10,11)12/h13-20,32H,6H2,1-5,7-12H3. The van der Waals surface area contributed by atoms with Gasteiger partial charge in [-0.25, -0.2) is 4.79 Å². The molecule has 2 aromatic carbocycles. The third-order valence-electron chi connectivity index (χ3n) is 6.62. The number of carbonyl (C=O) groups is 1. The molecule has 1 atom stereocenters. The number of hydrogen-bond donors (Lipinski definition) is 1. The molecule has 1 unspecified atom stereocenters. The molecule has 0 saturated carbocycles. The van der Waals surface area contributed by atoms with Crippen molar-refractivity contribution in [3.63, 3.8) is 0 Å². The molecule has 0 spiro atoms. The molecule has 0 saturated heterocycles. The molecule has 0 radical (unpaired) electrons. The summed E-state index contributed by atoms with van der Waals surface area (Å²) in [5, 5.41) is 11.4. The summed E-state index contributed by atoms with van der Waals surface area (Å²) in [6.07, 6.45) is 0. The van der Waals surface area contributed by atoms with E-state index in [0.717, 1.165) is 22.3 Å². The maximum Gasteiger partial charge on any atom is 0.339 e. The number of ether oxygens (including phenoxy) is 1. The van der Waals surface area contributed by atoms with Gasteiger partial charge in [0.15, 0.2) is 0 Å². The quantitative estimate of drug-likeness (QED) is 0.264. The van der Waals surface area contributed by atoms with Gasteiger partial charge in [0.25, 0.3) is 0 Å². The number of esters is 1. The fourth-order valence-electron chi connectivity index (χ4n) is 3.91. The molecular formula is C31H44O3. The first-order valence-corrected chi connectivity index (χ1v) is 12.4. The lowest BCUT2D eigenvalue weighted by Gasteiger charge is -2.27. The second-order valence-corrected chi connectivity index (χ2v) is 12.2. The molecule has 2 aromatic rings. The Labute approximate surface area is 207 Å². The highest BCUT2D eigenvalue weighted by Crippen LogP contribution is 2.43. The van der Waals surface area contributed by atoms with Crippen LogP contribution < -0.4 is 4.74 Å². The molecule has 3 nitrogen and oxygen atoms in total. The lowest BCUT2D eigenvalue weighted by atomic mass is 9.79. The molecule has 0 aliphatic carbocycles. The Morgan fingerprint density at radius 1 is 0.853 bits per heavy atom. The number of benzene rings is 2. The van der Waals surface area contributed by atoms with Crippen LogP contribution in [0, 0.1) is 5.41 Å². The van der Waals surface area contributed by atoms with Crippen LogP contribution >= 0.6 is 0 Å². The molecule has 0 aromatic heterocycles. The van der Waals surface area contributed by atoms with Crippen LogP contribution in [0.5, 0.6) is 11.5 Å². The zero-order valence-electron chi connectivity index (χ0n) is 23.1. The molecule has 34 heavy (non-hydrogen) atoms. The van der Waals surface area contributed by atoms with Crippen molar-refractivity contribution >= 4 is 5.97 Å². The van der Waals surface area contributed by atoms with Crippen molar-refractivity contribution in [2.24, 2.45) is 5.41 Å². The number of hydrogen-bond acceptors (Lipinski definition) is 3. The van der Waals surface area contributed by atoms with Crippen LogP contribution in [0.3, 0.4) is 0 Å². The Balaban J connectivity index is 2.70. The van der Waals surface area contributed by atoms with E-state index in [2.05, 4.69) is 80.2 Å². The molecule has 0 bridgehead atoms. The second kappa shape index (κ2) is 9.98. The maximum absolute atomic E-state index is 12.9. The summed E-state index contributed by atoms with van der Waals surface area (Å²) in [6, 6.07) is 10.2. The lowest BCUT2D eigenvalue weighted by molar-refractivity contribution is -0.131. The van der Waals surface area contributed by atoms with E-state index < -0.39 is 5.97 Å². The van der Waals surface area contributed by atoms with Crippen molar-refractivity contribution in [2.45, 2.75) is 99.3 Å². The first-order chi connectivity index (χ1) is 15.4. The summed E-state index contributed by atoms with van der Waals surface area (Å²) >= 11 is 0. The van der Waals surface area contributed by atoms with Gasteiger partial charge in [-0.3, -0.25) is 0 Å². The fraction of sp³-hybridized carbons (Fsp3) is 0.516. The minimum absolute atomic E-state index is 0.177. The molecule has 3 heteroatoms. The third kappa shape index (κ3) is 6.11. The zero-order valence-corrected chi connectivity index (χ0v) is 23.1. The van der Waals surface area contributed by atoms with Crippen molar-refractivity contribution < 1.29 is 14.6 Å². The molecule has 0 heterocycles. The molecule has 2 rings (SSSR count). The number of phenolic OH excluding ortho intramolecular Hbond substituents is 1. The van der Waals surface area contributed by atoms with E-state index in [0.29, 0.717) is 28.9 Å². The monoisotopic (exact) mass is 464 g/mol. The van der Waals surface area contributed by atoms with E-state index in [1.807, 2.05) is 32.9 Å². The Hall–Kier alpha value is -2.55. The van der Waals surface area contributed by atoms with Gasteiger partial charge in [-0.05, 0) is 45.4 Å².